The van der Waals surface area contributed by atoms with Gasteiger partial charge in [-0.05, 0) is 52.7 Å². The molecular weight excluding hydrogens is 354 g/mol. The Morgan fingerprint density at radius 1 is 1.29 bits per heavy atom. The Kier molecular flexibility index (Phi) is 4.91. The van der Waals surface area contributed by atoms with Crippen molar-refractivity contribution in [1.29, 1.82) is 0 Å². The Bertz CT molecular complexity index is 675. The zero-order valence-electron chi connectivity index (χ0n) is 11.7. The van der Waals surface area contributed by atoms with Gasteiger partial charge in [-0.25, -0.2) is 0 Å². The van der Waals surface area contributed by atoms with Crippen molar-refractivity contribution in [2.75, 3.05) is 7.05 Å². The summed E-state index contributed by atoms with van der Waals surface area (Å²) in [6.07, 6.45) is 0. The summed E-state index contributed by atoms with van der Waals surface area (Å²) in [5.41, 5.74) is 1.31. The number of amides is 1. The molecule has 0 aromatic heterocycles. The van der Waals surface area contributed by atoms with Gasteiger partial charge in [0.2, 0.25) is 0 Å². The summed E-state index contributed by atoms with van der Waals surface area (Å²) in [6.45, 7) is 1.91. The number of halogens is 2. The Morgan fingerprint density at radius 3 is 2.57 bits per heavy atom. The highest BCUT2D eigenvalue weighted by Gasteiger charge is 2.21. The number of hydrogen-bond acceptors (Lipinski definition) is 2. The van der Waals surface area contributed by atoms with Crippen molar-refractivity contribution in [3.8, 4) is 5.75 Å². The normalized spacial score (nSPS) is 12.0. The monoisotopic (exact) mass is 367 g/mol. The van der Waals surface area contributed by atoms with Crippen LogP contribution in [0.2, 0.25) is 5.02 Å². The molecule has 3 nitrogen and oxygen atoms in total. The minimum atomic E-state index is -0.176. The maximum atomic E-state index is 12.5. The van der Waals surface area contributed by atoms with E-state index < -0.39 is 0 Å². The van der Waals surface area contributed by atoms with Crippen LogP contribution in [0.1, 0.15) is 28.9 Å². The highest BCUT2D eigenvalue weighted by atomic mass is 79.9. The molecule has 0 saturated heterocycles. The molecule has 1 N–H and O–H groups in total. The van der Waals surface area contributed by atoms with Gasteiger partial charge in [0.25, 0.3) is 5.91 Å². The van der Waals surface area contributed by atoms with E-state index in [1.807, 2.05) is 25.1 Å². The third kappa shape index (κ3) is 3.39. The van der Waals surface area contributed by atoms with Crippen molar-refractivity contribution < 1.29 is 9.90 Å². The van der Waals surface area contributed by atoms with Gasteiger partial charge in [0, 0.05) is 17.6 Å². The average molecular weight is 369 g/mol. The molecule has 0 bridgehead atoms. The molecule has 110 valence electrons. The maximum absolute atomic E-state index is 12.5. The highest BCUT2D eigenvalue weighted by molar-refractivity contribution is 9.10. The van der Waals surface area contributed by atoms with Crippen LogP contribution >= 0.6 is 27.5 Å². The first-order valence-electron chi connectivity index (χ1n) is 6.42. The molecular formula is C16H15BrClNO2. The van der Waals surface area contributed by atoms with E-state index in [4.69, 9.17) is 11.6 Å². The lowest BCUT2D eigenvalue weighted by molar-refractivity contribution is 0.0742. The lowest BCUT2D eigenvalue weighted by atomic mass is 10.1. The van der Waals surface area contributed by atoms with Crippen molar-refractivity contribution >= 4 is 33.4 Å². The predicted molar refractivity (Wildman–Crippen MR) is 87.8 cm³/mol. The van der Waals surface area contributed by atoms with Crippen LogP contribution in [0.25, 0.3) is 0 Å². The van der Waals surface area contributed by atoms with Gasteiger partial charge < -0.3 is 10.0 Å². The molecule has 0 fully saturated rings. The minimum absolute atomic E-state index is 0.0413. The molecule has 0 heterocycles. The number of carbonyl (C=O) groups is 1. The molecule has 1 atom stereocenters. The number of nitrogens with zero attached hydrogens (tertiary/aromatic N) is 1. The van der Waals surface area contributed by atoms with Crippen LogP contribution in [0.3, 0.4) is 0 Å². The van der Waals surface area contributed by atoms with Crippen LogP contribution in [-0.2, 0) is 0 Å². The van der Waals surface area contributed by atoms with Crippen molar-refractivity contribution in [1.82, 2.24) is 4.90 Å². The molecule has 5 heteroatoms. The number of benzene rings is 2. The fraction of sp³-hybridized carbons (Fsp3) is 0.188. The van der Waals surface area contributed by atoms with Gasteiger partial charge in [-0.3, -0.25) is 4.79 Å². The summed E-state index contributed by atoms with van der Waals surface area (Å²) in [5, 5.41) is 10.3. The van der Waals surface area contributed by atoms with E-state index in [1.165, 1.54) is 6.07 Å². The molecule has 1 amide bonds. The zero-order chi connectivity index (χ0) is 15.6. The molecule has 21 heavy (non-hydrogen) atoms. The zero-order valence-corrected chi connectivity index (χ0v) is 14.0. The van der Waals surface area contributed by atoms with Gasteiger partial charge in [-0.2, -0.15) is 0 Å². The predicted octanol–water partition coefficient (Wildman–Crippen LogP) is 4.64. The molecule has 0 spiro atoms. The Balaban J connectivity index is 2.26. The first kappa shape index (κ1) is 15.9. The van der Waals surface area contributed by atoms with Gasteiger partial charge in [-0.15, -0.1) is 0 Å². The summed E-state index contributed by atoms with van der Waals surface area (Å²) in [5.74, 6) is -0.134. The van der Waals surface area contributed by atoms with Crippen molar-refractivity contribution in [3.05, 3.63) is 63.1 Å². The van der Waals surface area contributed by atoms with Crippen molar-refractivity contribution in [2.24, 2.45) is 0 Å². The highest BCUT2D eigenvalue weighted by Crippen LogP contribution is 2.29. The quantitative estimate of drug-likeness (QED) is 0.857. The number of aromatic hydroxyl groups is 1. The first-order chi connectivity index (χ1) is 9.91. The fourth-order valence-corrected chi connectivity index (χ4v) is 2.59. The van der Waals surface area contributed by atoms with Crippen LogP contribution in [0, 0.1) is 0 Å². The van der Waals surface area contributed by atoms with E-state index in [0.29, 0.717) is 15.1 Å². The van der Waals surface area contributed by atoms with Crippen LogP contribution in [0.4, 0.5) is 0 Å². The summed E-state index contributed by atoms with van der Waals surface area (Å²) in [7, 11) is 1.72. The molecule has 0 radical (unpaired) electrons. The van der Waals surface area contributed by atoms with Gasteiger partial charge in [0.1, 0.15) is 5.75 Å². The first-order valence-corrected chi connectivity index (χ1v) is 7.59. The average Bonchev–Trinajstić information content (AvgIpc) is 2.48. The number of rotatable bonds is 3. The summed E-state index contributed by atoms with van der Waals surface area (Å²) >= 11 is 9.37. The van der Waals surface area contributed by atoms with Gasteiger partial charge in [0.15, 0.2) is 0 Å². The summed E-state index contributed by atoms with van der Waals surface area (Å²) in [6, 6.07) is 12.0. The molecule has 0 aliphatic carbocycles. The second kappa shape index (κ2) is 6.50. The molecule has 2 aromatic carbocycles. The molecule has 0 saturated carbocycles. The van der Waals surface area contributed by atoms with Crippen LogP contribution in [-0.4, -0.2) is 23.0 Å². The second-order valence-corrected chi connectivity index (χ2v) is 6.04. The largest absolute Gasteiger partial charge is 0.507 e. The van der Waals surface area contributed by atoms with Crippen LogP contribution in [0.5, 0.6) is 5.75 Å². The van der Waals surface area contributed by atoms with E-state index in [2.05, 4.69) is 15.9 Å². The summed E-state index contributed by atoms with van der Waals surface area (Å²) < 4.78 is 0.556. The van der Waals surface area contributed by atoms with E-state index in [1.54, 1.807) is 30.1 Å². The Hall–Kier alpha value is -1.52. The smallest absolute Gasteiger partial charge is 0.254 e. The second-order valence-electron chi connectivity index (χ2n) is 4.78. The van der Waals surface area contributed by atoms with Gasteiger partial charge in [-0.1, -0.05) is 29.8 Å². The van der Waals surface area contributed by atoms with E-state index in [-0.39, 0.29) is 17.7 Å². The van der Waals surface area contributed by atoms with E-state index in [0.717, 1.165) is 5.56 Å². The van der Waals surface area contributed by atoms with Crippen LogP contribution < -0.4 is 0 Å². The van der Waals surface area contributed by atoms with Gasteiger partial charge in [0.05, 0.1) is 10.5 Å². The van der Waals surface area contributed by atoms with E-state index >= 15 is 0 Å². The fourth-order valence-electron chi connectivity index (χ4n) is 2.05. The minimum Gasteiger partial charge on any atom is -0.507 e. The lowest BCUT2D eigenvalue weighted by Gasteiger charge is -2.26. The molecule has 1 unspecified atom stereocenters. The van der Waals surface area contributed by atoms with Crippen molar-refractivity contribution in [3.63, 3.8) is 0 Å². The van der Waals surface area contributed by atoms with Gasteiger partial charge >= 0.3 is 0 Å². The Morgan fingerprint density at radius 2 is 1.95 bits per heavy atom. The maximum Gasteiger partial charge on any atom is 0.254 e. The molecule has 0 aliphatic rings. The molecule has 2 rings (SSSR count). The number of phenols is 1. The molecule has 2 aromatic rings. The standard InChI is InChI=1S/C16H15BrClNO2/c1-10(12-5-3-4-6-14(12)18)19(2)16(21)11-7-8-13(17)15(20)9-11/h3-10,20H,1-2H3. The topological polar surface area (TPSA) is 40.5 Å². The van der Waals surface area contributed by atoms with Crippen molar-refractivity contribution in [2.45, 2.75) is 13.0 Å². The van der Waals surface area contributed by atoms with E-state index in [9.17, 15) is 9.90 Å². The molecule has 0 aliphatic heterocycles. The number of carbonyl (C=O) groups excluding carboxylic acids is 1. The number of hydrogen-bond donors (Lipinski definition) is 1. The number of phenolic OH excluding ortho intramolecular Hbond substituents is 1. The summed E-state index contributed by atoms with van der Waals surface area (Å²) in [4.78, 5) is 14.1. The third-order valence-corrected chi connectivity index (χ3v) is 4.46. The SMILES string of the molecule is CC(c1ccccc1Cl)N(C)C(=O)c1ccc(Br)c(O)c1. The van der Waals surface area contributed by atoms with Crippen LogP contribution in [0.15, 0.2) is 46.9 Å². The third-order valence-electron chi connectivity index (χ3n) is 3.45. The Labute approximate surface area is 137 Å². The lowest BCUT2D eigenvalue weighted by Crippen LogP contribution is -2.29.